The SMILES string of the molecule is CCC1CCCN1C(=O)C(C)(C)N1CCNCC1. The van der Waals surface area contributed by atoms with Crippen molar-refractivity contribution in [2.75, 3.05) is 32.7 Å². The van der Waals surface area contributed by atoms with E-state index in [1.54, 1.807) is 0 Å². The summed E-state index contributed by atoms with van der Waals surface area (Å²) in [5.41, 5.74) is -0.347. The standard InChI is InChI=1S/C14H27N3O/c1-4-12-6-5-9-17(12)13(18)14(2,3)16-10-7-15-8-11-16/h12,15H,4-11H2,1-3H3. The molecule has 0 aliphatic carbocycles. The molecule has 0 spiro atoms. The molecule has 1 amide bonds. The Morgan fingerprint density at radius 2 is 1.94 bits per heavy atom. The molecule has 2 fully saturated rings. The lowest BCUT2D eigenvalue weighted by Crippen LogP contribution is -2.61. The topological polar surface area (TPSA) is 35.6 Å². The first-order valence-corrected chi connectivity index (χ1v) is 7.34. The minimum absolute atomic E-state index is 0.328. The van der Waals surface area contributed by atoms with Crippen LogP contribution in [0.2, 0.25) is 0 Å². The molecule has 0 bridgehead atoms. The largest absolute Gasteiger partial charge is 0.338 e. The first-order valence-electron chi connectivity index (χ1n) is 7.34. The number of likely N-dealkylation sites (tertiary alicyclic amines) is 1. The highest BCUT2D eigenvalue weighted by atomic mass is 16.2. The lowest BCUT2D eigenvalue weighted by Gasteiger charge is -2.42. The normalized spacial score (nSPS) is 26.6. The summed E-state index contributed by atoms with van der Waals surface area (Å²) in [5, 5.41) is 3.35. The Balaban J connectivity index is 2.05. The zero-order chi connectivity index (χ0) is 13.2. The second kappa shape index (κ2) is 5.57. The zero-order valence-corrected chi connectivity index (χ0v) is 12.0. The summed E-state index contributed by atoms with van der Waals surface area (Å²) in [5.74, 6) is 0.328. The van der Waals surface area contributed by atoms with Gasteiger partial charge in [-0.15, -0.1) is 0 Å². The van der Waals surface area contributed by atoms with Crippen LogP contribution < -0.4 is 5.32 Å². The van der Waals surface area contributed by atoms with E-state index in [4.69, 9.17) is 0 Å². The first kappa shape index (κ1) is 13.8. The Morgan fingerprint density at radius 1 is 1.28 bits per heavy atom. The monoisotopic (exact) mass is 253 g/mol. The predicted molar refractivity (Wildman–Crippen MR) is 73.5 cm³/mol. The minimum atomic E-state index is -0.347. The Hall–Kier alpha value is -0.610. The van der Waals surface area contributed by atoms with Crippen molar-refractivity contribution in [3.8, 4) is 0 Å². The van der Waals surface area contributed by atoms with Gasteiger partial charge in [-0.2, -0.15) is 0 Å². The van der Waals surface area contributed by atoms with Gasteiger partial charge in [0.05, 0.1) is 5.54 Å². The average Bonchev–Trinajstić information content (AvgIpc) is 2.87. The lowest BCUT2D eigenvalue weighted by atomic mass is 9.98. The van der Waals surface area contributed by atoms with Crippen molar-refractivity contribution in [3.05, 3.63) is 0 Å². The van der Waals surface area contributed by atoms with Gasteiger partial charge in [0.2, 0.25) is 5.91 Å². The van der Waals surface area contributed by atoms with E-state index >= 15 is 0 Å². The van der Waals surface area contributed by atoms with Crippen LogP contribution >= 0.6 is 0 Å². The van der Waals surface area contributed by atoms with Gasteiger partial charge in [-0.05, 0) is 33.1 Å². The van der Waals surface area contributed by atoms with Gasteiger partial charge < -0.3 is 10.2 Å². The van der Waals surface area contributed by atoms with E-state index in [0.29, 0.717) is 11.9 Å². The number of amides is 1. The van der Waals surface area contributed by atoms with Crippen molar-refractivity contribution in [2.24, 2.45) is 0 Å². The molecular formula is C14H27N3O. The maximum Gasteiger partial charge on any atom is 0.242 e. The van der Waals surface area contributed by atoms with Crippen LogP contribution in [0.3, 0.4) is 0 Å². The van der Waals surface area contributed by atoms with Crippen LogP contribution in [0.4, 0.5) is 0 Å². The molecule has 104 valence electrons. The summed E-state index contributed by atoms with van der Waals surface area (Å²) in [7, 11) is 0. The Bertz CT molecular complexity index is 297. The molecule has 0 aromatic heterocycles. The molecule has 2 rings (SSSR count). The van der Waals surface area contributed by atoms with Crippen LogP contribution in [-0.4, -0.2) is 60.0 Å². The molecule has 2 saturated heterocycles. The Morgan fingerprint density at radius 3 is 2.56 bits per heavy atom. The first-order chi connectivity index (χ1) is 8.57. The molecule has 2 aliphatic heterocycles. The average molecular weight is 253 g/mol. The highest BCUT2D eigenvalue weighted by Gasteiger charge is 2.41. The van der Waals surface area contributed by atoms with E-state index in [1.165, 1.54) is 12.8 Å². The van der Waals surface area contributed by atoms with Crippen LogP contribution in [0, 0.1) is 0 Å². The van der Waals surface area contributed by atoms with Crippen molar-refractivity contribution in [1.82, 2.24) is 15.1 Å². The van der Waals surface area contributed by atoms with Crippen LogP contribution in [0.15, 0.2) is 0 Å². The van der Waals surface area contributed by atoms with Gasteiger partial charge in [0.1, 0.15) is 0 Å². The molecule has 0 saturated carbocycles. The summed E-state index contributed by atoms with van der Waals surface area (Å²) in [6, 6.07) is 0.472. The van der Waals surface area contributed by atoms with Crippen molar-refractivity contribution in [1.29, 1.82) is 0 Å². The van der Waals surface area contributed by atoms with Gasteiger partial charge in [0, 0.05) is 38.8 Å². The third kappa shape index (κ3) is 2.54. The smallest absolute Gasteiger partial charge is 0.242 e. The Labute approximate surface area is 111 Å². The molecule has 4 nitrogen and oxygen atoms in total. The van der Waals surface area contributed by atoms with Crippen molar-refractivity contribution >= 4 is 5.91 Å². The van der Waals surface area contributed by atoms with Crippen LogP contribution in [0.1, 0.15) is 40.0 Å². The zero-order valence-electron chi connectivity index (χ0n) is 12.0. The summed E-state index contributed by atoms with van der Waals surface area (Å²) in [6.45, 7) is 11.3. The second-order valence-corrected chi connectivity index (χ2v) is 6.00. The fourth-order valence-electron chi connectivity index (χ4n) is 3.24. The molecule has 18 heavy (non-hydrogen) atoms. The number of rotatable bonds is 3. The third-order valence-corrected chi connectivity index (χ3v) is 4.54. The van der Waals surface area contributed by atoms with Crippen LogP contribution in [-0.2, 0) is 4.79 Å². The maximum atomic E-state index is 12.8. The van der Waals surface area contributed by atoms with E-state index in [9.17, 15) is 4.79 Å². The van der Waals surface area contributed by atoms with Gasteiger partial charge in [-0.3, -0.25) is 9.69 Å². The minimum Gasteiger partial charge on any atom is -0.338 e. The number of carbonyl (C=O) groups is 1. The Kier molecular flexibility index (Phi) is 4.28. The van der Waals surface area contributed by atoms with E-state index in [1.807, 2.05) is 0 Å². The highest BCUT2D eigenvalue weighted by Crippen LogP contribution is 2.26. The van der Waals surface area contributed by atoms with Crippen LogP contribution in [0.5, 0.6) is 0 Å². The molecule has 1 N–H and O–H groups in total. The van der Waals surface area contributed by atoms with E-state index in [2.05, 4.69) is 35.9 Å². The molecule has 1 unspecified atom stereocenters. The van der Waals surface area contributed by atoms with E-state index < -0.39 is 0 Å². The van der Waals surface area contributed by atoms with Crippen molar-refractivity contribution < 1.29 is 4.79 Å². The second-order valence-electron chi connectivity index (χ2n) is 6.00. The number of carbonyl (C=O) groups excluding carboxylic acids is 1. The molecular weight excluding hydrogens is 226 g/mol. The quantitative estimate of drug-likeness (QED) is 0.817. The molecule has 0 aromatic carbocycles. The number of nitrogens with one attached hydrogen (secondary N) is 1. The molecule has 4 heteroatoms. The fourth-order valence-corrected chi connectivity index (χ4v) is 3.24. The van der Waals surface area contributed by atoms with Gasteiger partial charge >= 0.3 is 0 Å². The van der Waals surface area contributed by atoms with Crippen molar-refractivity contribution in [3.63, 3.8) is 0 Å². The summed E-state index contributed by atoms with van der Waals surface area (Å²) < 4.78 is 0. The fraction of sp³-hybridized carbons (Fsp3) is 0.929. The third-order valence-electron chi connectivity index (χ3n) is 4.54. The molecule has 1 atom stereocenters. The van der Waals surface area contributed by atoms with Gasteiger partial charge in [0.15, 0.2) is 0 Å². The number of hydrogen-bond acceptors (Lipinski definition) is 3. The number of hydrogen-bond donors (Lipinski definition) is 1. The van der Waals surface area contributed by atoms with E-state index in [0.717, 1.165) is 39.1 Å². The molecule has 2 aliphatic rings. The van der Waals surface area contributed by atoms with Gasteiger partial charge in [0.25, 0.3) is 0 Å². The van der Waals surface area contributed by atoms with Crippen LogP contribution in [0.25, 0.3) is 0 Å². The van der Waals surface area contributed by atoms with Crippen molar-refractivity contribution in [2.45, 2.75) is 51.6 Å². The van der Waals surface area contributed by atoms with E-state index in [-0.39, 0.29) is 5.54 Å². The van der Waals surface area contributed by atoms with Gasteiger partial charge in [-0.25, -0.2) is 0 Å². The maximum absolute atomic E-state index is 12.8. The number of piperazine rings is 1. The molecule has 0 aromatic rings. The van der Waals surface area contributed by atoms with Gasteiger partial charge in [-0.1, -0.05) is 6.92 Å². The highest BCUT2D eigenvalue weighted by molar-refractivity contribution is 5.86. The predicted octanol–water partition coefficient (Wildman–Crippen LogP) is 1.07. The summed E-state index contributed by atoms with van der Waals surface area (Å²) in [4.78, 5) is 17.3. The summed E-state index contributed by atoms with van der Waals surface area (Å²) >= 11 is 0. The molecule has 0 radical (unpaired) electrons. The lowest BCUT2D eigenvalue weighted by molar-refractivity contribution is -0.144. The number of nitrogens with zero attached hydrogens (tertiary/aromatic N) is 2. The summed E-state index contributed by atoms with van der Waals surface area (Å²) in [6.07, 6.45) is 3.44. The molecule has 2 heterocycles.